The third-order valence-electron chi connectivity index (χ3n) is 9.20. The van der Waals surface area contributed by atoms with Crippen LogP contribution in [0.5, 0.6) is 0 Å². The predicted octanol–water partition coefficient (Wildman–Crippen LogP) is 9.07. The summed E-state index contributed by atoms with van der Waals surface area (Å²) in [5, 5.41) is 11.4. The van der Waals surface area contributed by atoms with Crippen LogP contribution in [-0.4, -0.2) is 29.7 Å². The Morgan fingerprint density at radius 2 is 1.17 bits per heavy atom. The first kappa shape index (κ1) is 26.4. The molecule has 1 aliphatic carbocycles. The maximum absolute atomic E-state index is 5.00. The number of fused-ring (bicyclic) bond motifs is 7. The lowest BCUT2D eigenvalue weighted by atomic mass is 9.83. The number of hydrogen-bond donors (Lipinski definition) is 0. The van der Waals surface area contributed by atoms with Crippen molar-refractivity contribution in [2.45, 2.75) is 19.3 Å². The summed E-state index contributed by atoms with van der Waals surface area (Å²) in [4.78, 5) is 14.9. The smallest absolute Gasteiger partial charge is 0.164 e. The zero-order chi connectivity index (χ0) is 30.8. The fourth-order valence-corrected chi connectivity index (χ4v) is 6.97. The van der Waals surface area contributed by atoms with E-state index >= 15 is 0 Å². The highest BCUT2D eigenvalue weighted by Crippen LogP contribution is 2.51. The molecule has 3 heterocycles. The molecule has 0 spiro atoms. The van der Waals surface area contributed by atoms with E-state index in [1.54, 1.807) is 6.20 Å². The summed E-state index contributed by atoms with van der Waals surface area (Å²) in [7, 11) is 0. The number of para-hydroxylation sites is 1. The van der Waals surface area contributed by atoms with Gasteiger partial charge in [0.15, 0.2) is 17.5 Å². The molecule has 1 aliphatic rings. The summed E-state index contributed by atoms with van der Waals surface area (Å²) < 4.78 is 2.37. The van der Waals surface area contributed by atoms with Gasteiger partial charge in [-0.05, 0) is 35.4 Å². The number of hydrogen-bond acceptors (Lipinski definition) is 5. The van der Waals surface area contributed by atoms with E-state index in [0.717, 1.165) is 44.7 Å². The minimum Gasteiger partial charge on any atom is -0.309 e. The van der Waals surface area contributed by atoms with E-state index in [4.69, 9.17) is 20.1 Å². The normalized spacial score (nSPS) is 13.2. The van der Waals surface area contributed by atoms with Crippen LogP contribution in [0.1, 0.15) is 25.0 Å². The first-order chi connectivity index (χ1) is 22.6. The van der Waals surface area contributed by atoms with Crippen LogP contribution in [0.15, 0.2) is 134 Å². The van der Waals surface area contributed by atoms with Crippen LogP contribution in [0.2, 0.25) is 0 Å². The second-order valence-corrected chi connectivity index (χ2v) is 12.2. The molecule has 218 valence electrons. The van der Waals surface area contributed by atoms with Gasteiger partial charge in [-0.1, -0.05) is 117 Å². The molecule has 0 amide bonds. The highest BCUT2D eigenvalue weighted by atomic mass is 15.1. The van der Waals surface area contributed by atoms with Gasteiger partial charge in [0, 0.05) is 50.3 Å². The fourth-order valence-electron chi connectivity index (χ4n) is 6.97. The maximum atomic E-state index is 5.00. The van der Waals surface area contributed by atoms with Crippen molar-refractivity contribution < 1.29 is 0 Å². The molecule has 0 saturated carbocycles. The first-order valence-electron chi connectivity index (χ1n) is 15.4. The van der Waals surface area contributed by atoms with E-state index in [-0.39, 0.29) is 5.41 Å². The Bertz CT molecular complexity index is 2390. The van der Waals surface area contributed by atoms with Crippen LogP contribution >= 0.6 is 0 Å². The van der Waals surface area contributed by atoms with Crippen molar-refractivity contribution in [1.29, 1.82) is 0 Å². The monoisotopic (exact) mass is 592 g/mol. The van der Waals surface area contributed by atoms with Gasteiger partial charge in [0.1, 0.15) is 0 Å². The third kappa shape index (κ3) is 3.93. The van der Waals surface area contributed by atoms with Crippen molar-refractivity contribution in [3.05, 3.63) is 145 Å². The second kappa shape index (κ2) is 10.0. The summed E-state index contributed by atoms with van der Waals surface area (Å²) in [6, 6.07) is 43.9. The van der Waals surface area contributed by atoms with Gasteiger partial charge in [-0.2, -0.15) is 10.2 Å². The molecule has 0 fully saturated rings. The largest absolute Gasteiger partial charge is 0.309 e. The van der Waals surface area contributed by atoms with E-state index in [2.05, 4.69) is 90.2 Å². The number of rotatable bonds is 4. The van der Waals surface area contributed by atoms with Crippen LogP contribution in [0.25, 0.3) is 72.9 Å². The van der Waals surface area contributed by atoms with Crippen molar-refractivity contribution in [1.82, 2.24) is 29.7 Å². The minimum absolute atomic E-state index is 0.190. The Labute approximate surface area is 266 Å². The van der Waals surface area contributed by atoms with Crippen LogP contribution in [0, 0.1) is 0 Å². The molecule has 9 rings (SSSR count). The molecule has 6 nitrogen and oxygen atoms in total. The molecule has 3 aromatic heterocycles. The van der Waals surface area contributed by atoms with Gasteiger partial charge in [0.2, 0.25) is 0 Å². The Balaban J connectivity index is 1.30. The van der Waals surface area contributed by atoms with Gasteiger partial charge < -0.3 is 4.57 Å². The summed E-state index contributed by atoms with van der Waals surface area (Å²) in [6.07, 6.45) is 1.80. The highest BCUT2D eigenvalue weighted by molar-refractivity contribution is 6.15. The fraction of sp³-hybridized carbons (Fsp3) is 0.0750. The molecule has 0 unspecified atom stereocenters. The maximum Gasteiger partial charge on any atom is 0.164 e. The number of aromatic nitrogens is 6. The molecule has 8 aromatic rings. The summed E-state index contributed by atoms with van der Waals surface area (Å²) >= 11 is 0. The van der Waals surface area contributed by atoms with E-state index in [1.807, 2.05) is 60.7 Å². The van der Waals surface area contributed by atoms with Crippen LogP contribution in [-0.2, 0) is 5.41 Å². The predicted molar refractivity (Wildman–Crippen MR) is 184 cm³/mol. The molecule has 46 heavy (non-hydrogen) atoms. The van der Waals surface area contributed by atoms with Gasteiger partial charge in [-0.3, -0.25) is 0 Å². The zero-order valence-corrected chi connectivity index (χ0v) is 25.4. The molecule has 0 bridgehead atoms. The van der Waals surface area contributed by atoms with Crippen molar-refractivity contribution in [2.24, 2.45) is 0 Å². The quantitative estimate of drug-likeness (QED) is 0.204. The number of benzene rings is 5. The highest BCUT2D eigenvalue weighted by Gasteiger charge is 2.39. The SMILES string of the molecule is CC1(C)c2ccnnc2-c2c1ccc1c3ccccc3n(-c3cccc(-c4nc(-c5ccccc5)nc(-c5ccccc5)n4)c3)c21. The standard InChI is InChI=1S/C40H28N6/c1-40(2)31-21-20-30-29-18-9-10-19-33(29)46(36(30)34(31)35-32(40)22-23-41-45-35)28-17-11-16-27(24-28)39-43-37(25-12-5-3-6-13-25)42-38(44-39)26-14-7-4-8-15-26/h3-24H,1-2H3. The second-order valence-electron chi connectivity index (χ2n) is 12.2. The van der Waals surface area contributed by atoms with E-state index in [1.165, 1.54) is 21.9 Å². The Morgan fingerprint density at radius 1 is 0.543 bits per heavy atom. The molecule has 0 radical (unpaired) electrons. The van der Waals surface area contributed by atoms with Crippen molar-refractivity contribution in [2.75, 3.05) is 0 Å². The van der Waals surface area contributed by atoms with E-state index < -0.39 is 0 Å². The Morgan fingerprint density at radius 3 is 1.89 bits per heavy atom. The molecule has 0 atom stereocenters. The van der Waals surface area contributed by atoms with Gasteiger partial charge in [-0.25, -0.2) is 15.0 Å². The van der Waals surface area contributed by atoms with Crippen molar-refractivity contribution >= 4 is 21.8 Å². The molecule has 0 saturated heterocycles. The van der Waals surface area contributed by atoms with Gasteiger partial charge in [0.05, 0.1) is 16.7 Å². The Hall–Kier alpha value is -6.01. The average molecular weight is 593 g/mol. The lowest BCUT2D eigenvalue weighted by Crippen LogP contribution is -2.15. The summed E-state index contributed by atoms with van der Waals surface area (Å²) in [5.41, 5.74) is 10.4. The van der Waals surface area contributed by atoms with Gasteiger partial charge in [0.25, 0.3) is 0 Å². The van der Waals surface area contributed by atoms with E-state index in [9.17, 15) is 0 Å². The first-order valence-corrected chi connectivity index (χ1v) is 15.4. The molecule has 6 heteroatoms. The minimum atomic E-state index is -0.190. The molecular formula is C40H28N6. The van der Waals surface area contributed by atoms with Gasteiger partial charge >= 0.3 is 0 Å². The molecule has 0 aliphatic heterocycles. The third-order valence-corrected chi connectivity index (χ3v) is 9.20. The van der Waals surface area contributed by atoms with E-state index in [0.29, 0.717) is 17.5 Å². The van der Waals surface area contributed by atoms with Gasteiger partial charge in [-0.15, -0.1) is 0 Å². The number of nitrogens with zero attached hydrogens (tertiary/aromatic N) is 6. The Kier molecular flexibility index (Phi) is 5.74. The summed E-state index contributed by atoms with van der Waals surface area (Å²) in [6.45, 7) is 4.54. The lowest BCUT2D eigenvalue weighted by molar-refractivity contribution is 0.657. The average Bonchev–Trinajstić information content (AvgIpc) is 3.58. The van der Waals surface area contributed by atoms with Crippen LogP contribution in [0.3, 0.4) is 0 Å². The summed E-state index contributed by atoms with van der Waals surface area (Å²) in [5.74, 6) is 1.90. The molecular weight excluding hydrogens is 564 g/mol. The lowest BCUT2D eigenvalue weighted by Gasteiger charge is -2.20. The van der Waals surface area contributed by atoms with Crippen molar-refractivity contribution in [3.63, 3.8) is 0 Å². The van der Waals surface area contributed by atoms with Crippen LogP contribution < -0.4 is 0 Å². The topological polar surface area (TPSA) is 69.4 Å². The molecule has 5 aromatic carbocycles. The molecule has 0 N–H and O–H groups in total. The van der Waals surface area contributed by atoms with Crippen molar-refractivity contribution in [3.8, 4) is 51.1 Å². The zero-order valence-electron chi connectivity index (χ0n) is 25.4. The van der Waals surface area contributed by atoms with Crippen LogP contribution in [0.4, 0.5) is 0 Å².